The van der Waals surface area contributed by atoms with Gasteiger partial charge in [0.2, 0.25) is 0 Å². The molecular formula is C21H23FN2O4S. The van der Waals surface area contributed by atoms with Gasteiger partial charge in [0.15, 0.2) is 0 Å². The van der Waals surface area contributed by atoms with Gasteiger partial charge in [0.1, 0.15) is 28.3 Å². The molecule has 3 aliphatic heterocycles. The van der Waals surface area contributed by atoms with E-state index >= 15 is 0 Å². The summed E-state index contributed by atoms with van der Waals surface area (Å²) >= 11 is 1.48. The van der Waals surface area contributed by atoms with Crippen molar-refractivity contribution in [1.82, 2.24) is 9.88 Å². The molecular weight excluding hydrogens is 395 g/mol. The van der Waals surface area contributed by atoms with E-state index < -0.39 is 5.60 Å². The lowest BCUT2D eigenvalue weighted by atomic mass is 9.73. The minimum Gasteiger partial charge on any atom is -0.496 e. The van der Waals surface area contributed by atoms with Crippen molar-refractivity contribution in [2.75, 3.05) is 26.8 Å². The quantitative estimate of drug-likeness (QED) is 0.761. The molecule has 1 aromatic heterocycles. The molecule has 1 aliphatic carbocycles. The third kappa shape index (κ3) is 3.23. The van der Waals surface area contributed by atoms with Crippen molar-refractivity contribution in [3.05, 3.63) is 34.4 Å². The van der Waals surface area contributed by atoms with Crippen LogP contribution in [0.3, 0.4) is 0 Å². The summed E-state index contributed by atoms with van der Waals surface area (Å²) in [6, 6.07) is 4.40. The molecule has 0 N–H and O–H groups in total. The summed E-state index contributed by atoms with van der Waals surface area (Å²) < 4.78 is 30.7. The average molecular weight is 418 g/mol. The van der Waals surface area contributed by atoms with Gasteiger partial charge in [0, 0.05) is 23.6 Å². The molecule has 2 atom stereocenters. The monoisotopic (exact) mass is 418 g/mol. The van der Waals surface area contributed by atoms with Crippen LogP contribution >= 0.6 is 11.3 Å². The molecule has 1 amide bonds. The number of amides is 1. The fourth-order valence-corrected chi connectivity index (χ4v) is 5.44. The number of aromatic nitrogens is 1. The lowest BCUT2D eigenvalue weighted by molar-refractivity contribution is -0.167. The second-order valence-corrected chi connectivity index (χ2v) is 9.03. The average Bonchev–Trinajstić information content (AvgIpc) is 3.42. The highest BCUT2D eigenvalue weighted by Crippen LogP contribution is 2.49. The summed E-state index contributed by atoms with van der Waals surface area (Å²) in [5, 5.41) is 2.71. The Balaban J connectivity index is 1.36. The van der Waals surface area contributed by atoms with E-state index in [-0.39, 0.29) is 23.9 Å². The standard InChI is InChI=1S/C21H23FN2O4S/c1-12-8-24(20(25)21-6-13(7-21)10-27-21)9-18(28-12)19-23-16(11-29-19)15-4-3-14(22)5-17(15)26-2/h3-5,11-13,18H,6-10H2,1-2H3/t12-,13?,18-,21?/m1/s1. The maximum atomic E-state index is 13.5. The van der Waals surface area contributed by atoms with E-state index in [1.54, 1.807) is 6.07 Å². The van der Waals surface area contributed by atoms with Gasteiger partial charge in [-0.1, -0.05) is 0 Å². The van der Waals surface area contributed by atoms with Gasteiger partial charge in [-0.05, 0) is 37.8 Å². The number of hydrogen-bond acceptors (Lipinski definition) is 6. The predicted molar refractivity (Wildman–Crippen MR) is 105 cm³/mol. The molecule has 2 bridgehead atoms. The van der Waals surface area contributed by atoms with Crippen LogP contribution in [0.4, 0.5) is 4.39 Å². The highest BCUT2D eigenvalue weighted by molar-refractivity contribution is 7.10. The Bertz CT molecular complexity index is 937. The molecule has 1 saturated carbocycles. The third-order valence-corrected chi connectivity index (χ3v) is 6.94. The van der Waals surface area contributed by atoms with Crippen LogP contribution in [0.15, 0.2) is 23.6 Å². The Kier molecular flexibility index (Phi) is 4.60. The first-order chi connectivity index (χ1) is 14.0. The molecule has 4 aliphatic rings. The van der Waals surface area contributed by atoms with E-state index in [0.717, 1.165) is 23.4 Å². The molecule has 0 radical (unpaired) electrons. The number of thiazole rings is 1. The first kappa shape index (κ1) is 19.0. The third-order valence-electron chi connectivity index (χ3n) is 6.01. The van der Waals surface area contributed by atoms with Crippen molar-refractivity contribution in [2.24, 2.45) is 5.92 Å². The van der Waals surface area contributed by atoms with Crippen molar-refractivity contribution in [3.63, 3.8) is 0 Å². The smallest absolute Gasteiger partial charge is 0.255 e. The molecule has 6 rings (SSSR count). The van der Waals surface area contributed by atoms with Crippen LogP contribution in [0.5, 0.6) is 5.75 Å². The Morgan fingerprint density at radius 2 is 2.21 bits per heavy atom. The van der Waals surface area contributed by atoms with E-state index in [9.17, 15) is 9.18 Å². The largest absolute Gasteiger partial charge is 0.496 e. The summed E-state index contributed by atoms with van der Waals surface area (Å²) in [6.07, 6.45) is 1.31. The van der Waals surface area contributed by atoms with Gasteiger partial charge < -0.3 is 19.1 Å². The zero-order valence-electron chi connectivity index (χ0n) is 16.4. The van der Waals surface area contributed by atoms with E-state index in [4.69, 9.17) is 19.2 Å². The second-order valence-electron chi connectivity index (χ2n) is 8.14. The predicted octanol–water partition coefficient (Wildman–Crippen LogP) is 3.43. The number of rotatable bonds is 4. The normalized spacial score (nSPS) is 30.9. The minimum atomic E-state index is -0.595. The minimum absolute atomic E-state index is 0.0842. The number of ether oxygens (including phenoxy) is 3. The number of carbonyl (C=O) groups is 1. The Morgan fingerprint density at radius 3 is 2.93 bits per heavy atom. The molecule has 29 heavy (non-hydrogen) atoms. The highest BCUT2D eigenvalue weighted by atomic mass is 32.1. The molecule has 0 spiro atoms. The maximum Gasteiger partial charge on any atom is 0.255 e. The van der Waals surface area contributed by atoms with Gasteiger partial charge in [-0.3, -0.25) is 4.79 Å². The zero-order chi connectivity index (χ0) is 20.2. The lowest BCUT2D eigenvalue weighted by Crippen LogP contribution is -2.57. The van der Waals surface area contributed by atoms with Crippen LogP contribution in [-0.2, 0) is 14.3 Å². The summed E-state index contributed by atoms with van der Waals surface area (Å²) in [7, 11) is 1.51. The summed E-state index contributed by atoms with van der Waals surface area (Å²) in [5.41, 5.74) is 0.843. The van der Waals surface area contributed by atoms with Crippen molar-refractivity contribution in [1.29, 1.82) is 0 Å². The Hall–Kier alpha value is -2.03. The molecule has 3 saturated heterocycles. The fraction of sp³-hybridized carbons (Fsp3) is 0.524. The SMILES string of the molecule is COc1cc(F)ccc1-c1csc([C@H]2CN(C(=O)C34CC(CO3)C4)C[C@@H](C)O2)n1. The summed E-state index contributed by atoms with van der Waals surface area (Å²) in [4.78, 5) is 19.7. The maximum absolute atomic E-state index is 13.5. The van der Waals surface area contributed by atoms with Gasteiger partial charge >= 0.3 is 0 Å². The highest BCUT2D eigenvalue weighted by Gasteiger charge is 2.59. The Morgan fingerprint density at radius 1 is 1.38 bits per heavy atom. The number of fused-ring (bicyclic) bond motifs is 1. The van der Waals surface area contributed by atoms with Gasteiger partial charge in [-0.15, -0.1) is 11.3 Å². The molecule has 2 aromatic rings. The van der Waals surface area contributed by atoms with Crippen LogP contribution in [0.1, 0.15) is 30.9 Å². The van der Waals surface area contributed by atoms with E-state index in [0.29, 0.717) is 37.1 Å². The molecule has 4 fully saturated rings. The Labute approximate surface area is 172 Å². The number of halogens is 1. The van der Waals surface area contributed by atoms with Crippen LogP contribution < -0.4 is 4.74 Å². The van der Waals surface area contributed by atoms with Gasteiger partial charge in [-0.25, -0.2) is 9.37 Å². The number of benzene rings is 1. The van der Waals surface area contributed by atoms with Gasteiger partial charge in [-0.2, -0.15) is 0 Å². The number of carbonyl (C=O) groups excluding carboxylic acids is 1. The van der Waals surface area contributed by atoms with Crippen molar-refractivity contribution in [3.8, 4) is 17.0 Å². The van der Waals surface area contributed by atoms with Crippen molar-refractivity contribution in [2.45, 2.75) is 37.6 Å². The first-order valence-corrected chi connectivity index (χ1v) is 10.7. The van der Waals surface area contributed by atoms with Crippen molar-refractivity contribution < 1.29 is 23.4 Å². The topological polar surface area (TPSA) is 60.9 Å². The zero-order valence-corrected chi connectivity index (χ0v) is 17.2. The van der Waals surface area contributed by atoms with E-state index in [1.807, 2.05) is 17.2 Å². The fourth-order valence-electron chi connectivity index (χ4n) is 4.60. The number of methoxy groups -OCH3 is 1. The summed E-state index contributed by atoms with van der Waals surface area (Å²) in [6.45, 7) is 3.70. The number of hydrogen-bond donors (Lipinski definition) is 0. The van der Waals surface area contributed by atoms with Crippen LogP contribution in [0, 0.1) is 11.7 Å². The van der Waals surface area contributed by atoms with Crippen molar-refractivity contribution >= 4 is 17.2 Å². The second kappa shape index (κ2) is 7.04. The van der Waals surface area contributed by atoms with Crippen LogP contribution in [0.25, 0.3) is 11.3 Å². The number of morpholine rings is 1. The molecule has 4 heterocycles. The molecule has 6 nitrogen and oxygen atoms in total. The molecule has 154 valence electrons. The summed E-state index contributed by atoms with van der Waals surface area (Å²) in [5.74, 6) is 0.712. The van der Waals surface area contributed by atoms with Gasteiger partial charge in [0.05, 0.1) is 32.1 Å². The van der Waals surface area contributed by atoms with Crippen LogP contribution in [0.2, 0.25) is 0 Å². The lowest BCUT2D eigenvalue weighted by Gasteiger charge is -2.43. The number of nitrogens with zero attached hydrogens (tertiary/aromatic N) is 2. The molecule has 1 aromatic carbocycles. The molecule has 0 unspecified atom stereocenters. The van der Waals surface area contributed by atoms with Gasteiger partial charge in [0.25, 0.3) is 5.91 Å². The van der Waals surface area contributed by atoms with E-state index in [2.05, 4.69) is 0 Å². The first-order valence-electron chi connectivity index (χ1n) is 9.85. The van der Waals surface area contributed by atoms with Crippen LogP contribution in [-0.4, -0.2) is 54.3 Å². The molecule has 8 heteroatoms. The van der Waals surface area contributed by atoms with E-state index in [1.165, 1.54) is 30.6 Å².